The van der Waals surface area contributed by atoms with Gasteiger partial charge in [0.1, 0.15) is 0 Å². The third-order valence-electron chi connectivity index (χ3n) is 3.62. The van der Waals surface area contributed by atoms with E-state index in [0.29, 0.717) is 0 Å². The molecule has 0 amide bonds. The fourth-order valence-electron chi connectivity index (χ4n) is 2.32. The van der Waals surface area contributed by atoms with Crippen molar-refractivity contribution in [3.63, 3.8) is 0 Å². The second kappa shape index (κ2) is 20.6. The number of hydrogen-bond acceptors (Lipinski definition) is 0. The van der Waals surface area contributed by atoms with Gasteiger partial charge in [-0.1, -0.05) is 90.2 Å². The molecule has 19 heavy (non-hydrogen) atoms. The van der Waals surface area contributed by atoms with Crippen LogP contribution in [0.15, 0.2) is 12.2 Å². The highest BCUT2D eigenvalue weighted by molar-refractivity contribution is 5.75. The molecule has 0 fully saturated rings. The Kier molecular flexibility index (Phi) is 23.4. The summed E-state index contributed by atoms with van der Waals surface area (Å²) in [6.45, 7) is 4.57. The molecule has 0 aliphatic rings. The lowest BCUT2D eigenvalue weighted by molar-refractivity contribution is 0.606. The largest absolute Gasteiger partial charge is 0.187 e. The monoisotopic (exact) mass is 282 g/mol. The Balaban J connectivity index is 0. The lowest BCUT2D eigenvalue weighted by Gasteiger charge is -1.98. The van der Waals surface area contributed by atoms with Crippen LogP contribution in [0.3, 0.4) is 0 Å². The molecule has 0 aromatic carbocycles. The number of hydrogen-bond donors (Lipinski definition) is 0. The predicted octanol–water partition coefficient (Wildman–Crippen LogP) is 5.86. The third kappa shape index (κ3) is 20.7. The minimum Gasteiger partial charge on any atom is -0.0885 e. The van der Waals surface area contributed by atoms with Crippen molar-refractivity contribution >= 4 is 17.4 Å². The quantitative estimate of drug-likeness (QED) is 0.213. The fourth-order valence-corrected chi connectivity index (χ4v) is 2.32. The molecule has 0 aliphatic carbocycles. The summed E-state index contributed by atoms with van der Waals surface area (Å²) in [6.07, 6.45) is 24.4. The SMILES string of the molecule is CCCCCCCCC=CCCCCCCCC.[AlH3]. The molecule has 0 aliphatic heterocycles. The van der Waals surface area contributed by atoms with Crippen LogP contribution in [-0.2, 0) is 0 Å². The van der Waals surface area contributed by atoms with Crippen molar-refractivity contribution in [2.75, 3.05) is 0 Å². The van der Waals surface area contributed by atoms with Gasteiger partial charge in [0.25, 0.3) is 0 Å². The minimum absolute atomic E-state index is 0. The van der Waals surface area contributed by atoms with Crippen LogP contribution in [0.25, 0.3) is 0 Å². The number of rotatable bonds is 14. The molecule has 0 radical (unpaired) electrons. The molecule has 0 nitrogen and oxygen atoms in total. The molecule has 0 rings (SSSR count). The van der Waals surface area contributed by atoms with Gasteiger partial charge in [-0.2, -0.15) is 0 Å². The number of allylic oxidation sites excluding steroid dienone is 2. The number of unbranched alkanes of at least 4 members (excludes halogenated alkanes) is 12. The van der Waals surface area contributed by atoms with E-state index in [2.05, 4.69) is 26.0 Å². The van der Waals surface area contributed by atoms with Gasteiger partial charge in [0, 0.05) is 0 Å². The summed E-state index contributed by atoms with van der Waals surface area (Å²) in [5.41, 5.74) is 0. The molecule has 1 heteroatoms. The molecular formula is C18H39Al. The summed E-state index contributed by atoms with van der Waals surface area (Å²) in [7, 11) is 0. The Morgan fingerprint density at radius 2 is 0.789 bits per heavy atom. The zero-order valence-corrected chi connectivity index (χ0v) is 13.1. The highest BCUT2D eigenvalue weighted by Crippen LogP contribution is 2.09. The van der Waals surface area contributed by atoms with E-state index in [1.807, 2.05) is 0 Å². The maximum Gasteiger partial charge on any atom is 0.187 e. The molecule has 0 unspecified atom stereocenters. The van der Waals surface area contributed by atoms with Gasteiger partial charge in [0.05, 0.1) is 0 Å². The Labute approximate surface area is 133 Å². The first-order chi connectivity index (χ1) is 8.91. The highest BCUT2D eigenvalue weighted by Gasteiger charge is 1.89. The van der Waals surface area contributed by atoms with Crippen LogP contribution >= 0.6 is 0 Å². The van der Waals surface area contributed by atoms with Gasteiger partial charge in [-0.3, -0.25) is 0 Å². The van der Waals surface area contributed by atoms with Crippen LogP contribution < -0.4 is 0 Å². The molecular weight excluding hydrogens is 243 g/mol. The lowest BCUT2D eigenvalue weighted by atomic mass is 10.1. The first-order valence-corrected chi connectivity index (χ1v) is 8.56. The predicted molar refractivity (Wildman–Crippen MR) is 95.1 cm³/mol. The molecule has 0 spiro atoms. The van der Waals surface area contributed by atoms with E-state index in [0.717, 1.165) is 0 Å². The molecule has 0 heterocycles. The van der Waals surface area contributed by atoms with Crippen molar-refractivity contribution in [3.8, 4) is 0 Å². The van der Waals surface area contributed by atoms with Crippen LogP contribution in [-0.4, -0.2) is 17.4 Å². The van der Waals surface area contributed by atoms with Gasteiger partial charge < -0.3 is 0 Å². The molecule has 0 aromatic heterocycles. The van der Waals surface area contributed by atoms with Crippen molar-refractivity contribution in [1.29, 1.82) is 0 Å². The van der Waals surface area contributed by atoms with Crippen LogP contribution in [0.1, 0.15) is 104 Å². The molecule has 0 N–H and O–H groups in total. The minimum atomic E-state index is 0. The normalized spacial score (nSPS) is 10.8. The first kappa shape index (κ1) is 21.6. The molecule has 0 bridgehead atoms. The van der Waals surface area contributed by atoms with E-state index in [1.165, 1.54) is 89.9 Å². The van der Waals surface area contributed by atoms with Gasteiger partial charge in [-0.25, -0.2) is 0 Å². The van der Waals surface area contributed by atoms with Crippen molar-refractivity contribution in [3.05, 3.63) is 12.2 Å². The van der Waals surface area contributed by atoms with E-state index in [4.69, 9.17) is 0 Å². The Hall–Kier alpha value is 0.272. The Morgan fingerprint density at radius 3 is 1.16 bits per heavy atom. The highest BCUT2D eigenvalue weighted by atomic mass is 27.0. The van der Waals surface area contributed by atoms with E-state index in [-0.39, 0.29) is 17.4 Å². The maximum atomic E-state index is 2.41. The summed E-state index contributed by atoms with van der Waals surface area (Å²) in [4.78, 5) is 0. The Bertz CT molecular complexity index is 145. The zero-order chi connectivity index (χ0) is 13.3. The van der Waals surface area contributed by atoms with Gasteiger partial charge in [-0.05, 0) is 25.7 Å². The first-order valence-electron chi connectivity index (χ1n) is 8.56. The van der Waals surface area contributed by atoms with Crippen LogP contribution in [0.4, 0.5) is 0 Å². The zero-order valence-electron chi connectivity index (χ0n) is 13.1. The van der Waals surface area contributed by atoms with Crippen molar-refractivity contribution < 1.29 is 0 Å². The van der Waals surface area contributed by atoms with Gasteiger partial charge in [-0.15, -0.1) is 0 Å². The maximum absolute atomic E-state index is 2.41. The van der Waals surface area contributed by atoms with E-state index in [9.17, 15) is 0 Å². The average molecular weight is 282 g/mol. The van der Waals surface area contributed by atoms with Crippen molar-refractivity contribution in [1.82, 2.24) is 0 Å². The molecule has 0 saturated carbocycles. The van der Waals surface area contributed by atoms with Crippen LogP contribution in [0, 0.1) is 0 Å². The Morgan fingerprint density at radius 1 is 0.474 bits per heavy atom. The molecule has 0 aromatic rings. The second-order valence-corrected chi connectivity index (χ2v) is 5.58. The summed E-state index contributed by atoms with van der Waals surface area (Å²) < 4.78 is 0. The summed E-state index contributed by atoms with van der Waals surface area (Å²) in [5.74, 6) is 0. The van der Waals surface area contributed by atoms with E-state index < -0.39 is 0 Å². The standard InChI is InChI=1S/C18H36.Al.3H/c1-3-5-7-9-11-13-15-17-18-16-14-12-10-8-6-4-2;;;;/h17-18H,3-16H2,1-2H3;;;;. The smallest absolute Gasteiger partial charge is 0.0885 e. The van der Waals surface area contributed by atoms with Gasteiger partial charge in [0.15, 0.2) is 17.4 Å². The van der Waals surface area contributed by atoms with Crippen molar-refractivity contribution in [2.45, 2.75) is 104 Å². The van der Waals surface area contributed by atoms with Crippen LogP contribution in [0.2, 0.25) is 0 Å². The van der Waals surface area contributed by atoms with Gasteiger partial charge >= 0.3 is 0 Å². The molecule has 0 saturated heterocycles. The summed E-state index contributed by atoms with van der Waals surface area (Å²) in [6, 6.07) is 0. The van der Waals surface area contributed by atoms with E-state index >= 15 is 0 Å². The summed E-state index contributed by atoms with van der Waals surface area (Å²) >= 11 is 0. The van der Waals surface area contributed by atoms with E-state index in [1.54, 1.807) is 0 Å². The summed E-state index contributed by atoms with van der Waals surface area (Å²) in [5, 5.41) is 0. The van der Waals surface area contributed by atoms with Crippen molar-refractivity contribution in [2.24, 2.45) is 0 Å². The van der Waals surface area contributed by atoms with Gasteiger partial charge in [0.2, 0.25) is 0 Å². The fraction of sp³-hybridized carbons (Fsp3) is 0.889. The third-order valence-corrected chi connectivity index (χ3v) is 3.62. The second-order valence-electron chi connectivity index (χ2n) is 5.58. The topological polar surface area (TPSA) is 0 Å². The molecule has 0 atom stereocenters. The average Bonchev–Trinajstić information content (AvgIpc) is 2.39. The lowest BCUT2D eigenvalue weighted by Crippen LogP contribution is -1.79. The molecule has 114 valence electrons. The van der Waals surface area contributed by atoms with Crippen LogP contribution in [0.5, 0.6) is 0 Å².